The Kier molecular flexibility index (Phi) is 8.04. The molecule has 17 heavy (non-hydrogen) atoms. The van der Waals surface area contributed by atoms with Crippen molar-refractivity contribution in [2.45, 2.75) is 44.6 Å². The van der Waals surface area contributed by atoms with Gasteiger partial charge in [-0.05, 0) is 20.8 Å². The molecule has 0 aliphatic heterocycles. The monoisotopic (exact) mass is 261 g/mol. The number of esters is 1. The highest BCUT2D eigenvalue weighted by molar-refractivity contribution is 8.01. The number of carbonyl (C=O) groups is 2. The molecule has 0 N–H and O–H groups in total. The molecule has 0 aliphatic carbocycles. The van der Waals surface area contributed by atoms with Gasteiger partial charge in [0.15, 0.2) is 0 Å². The summed E-state index contributed by atoms with van der Waals surface area (Å²) in [5.74, 6) is -0.0933. The zero-order valence-electron chi connectivity index (χ0n) is 11.4. The van der Waals surface area contributed by atoms with E-state index in [0.29, 0.717) is 6.42 Å². The van der Waals surface area contributed by atoms with Crippen LogP contribution in [0.3, 0.4) is 0 Å². The molecule has 0 aliphatic rings. The molecular weight excluding hydrogens is 238 g/mol. The fourth-order valence-electron chi connectivity index (χ4n) is 1.57. The van der Waals surface area contributed by atoms with Crippen LogP contribution in [-0.2, 0) is 14.3 Å². The zero-order valence-corrected chi connectivity index (χ0v) is 12.2. The summed E-state index contributed by atoms with van der Waals surface area (Å²) in [4.78, 5) is 24.9. The summed E-state index contributed by atoms with van der Waals surface area (Å²) in [6.45, 7) is 9.22. The number of hydrogen-bond acceptors (Lipinski definition) is 4. The Hall–Kier alpha value is -0.710. The predicted molar refractivity (Wildman–Crippen MR) is 71.1 cm³/mol. The molecule has 0 heterocycles. The highest BCUT2D eigenvalue weighted by Crippen LogP contribution is 2.22. The first-order chi connectivity index (χ1) is 7.96. The van der Waals surface area contributed by atoms with E-state index < -0.39 is 0 Å². The average molecular weight is 261 g/mol. The second kappa shape index (κ2) is 8.39. The van der Waals surface area contributed by atoms with Crippen molar-refractivity contribution in [2.75, 3.05) is 20.2 Å². The Balaban J connectivity index is 4.19. The van der Waals surface area contributed by atoms with Gasteiger partial charge in [0.2, 0.25) is 5.91 Å². The number of rotatable bonds is 7. The molecule has 0 bridgehead atoms. The quantitative estimate of drug-likeness (QED) is 0.657. The van der Waals surface area contributed by atoms with Gasteiger partial charge in [-0.15, -0.1) is 11.8 Å². The molecule has 2 unspecified atom stereocenters. The van der Waals surface area contributed by atoms with Gasteiger partial charge in [0.05, 0.1) is 18.8 Å². The highest BCUT2D eigenvalue weighted by atomic mass is 32.2. The maximum absolute atomic E-state index is 12.0. The van der Waals surface area contributed by atoms with Gasteiger partial charge in [-0.1, -0.05) is 6.92 Å². The van der Waals surface area contributed by atoms with Crippen LogP contribution in [0.25, 0.3) is 0 Å². The van der Waals surface area contributed by atoms with E-state index in [1.54, 1.807) is 0 Å². The number of methoxy groups -OCH3 is 1. The molecule has 2 atom stereocenters. The van der Waals surface area contributed by atoms with E-state index in [2.05, 4.69) is 4.74 Å². The Morgan fingerprint density at radius 3 is 2.18 bits per heavy atom. The van der Waals surface area contributed by atoms with Crippen molar-refractivity contribution in [3.63, 3.8) is 0 Å². The van der Waals surface area contributed by atoms with Crippen LogP contribution >= 0.6 is 11.8 Å². The molecule has 0 radical (unpaired) electrons. The Morgan fingerprint density at radius 2 is 1.76 bits per heavy atom. The largest absolute Gasteiger partial charge is 0.469 e. The fourth-order valence-corrected chi connectivity index (χ4v) is 2.76. The van der Waals surface area contributed by atoms with E-state index >= 15 is 0 Å². The number of hydrogen-bond donors (Lipinski definition) is 0. The van der Waals surface area contributed by atoms with Crippen LogP contribution in [0.4, 0.5) is 0 Å². The number of thioether (sulfide) groups is 1. The third-order valence-corrected chi connectivity index (χ3v) is 3.78. The Morgan fingerprint density at radius 1 is 1.24 bits per heavy atom. The summed E-state index contributed by atoms with van der Waals surface area (Å²) in [6, 6.07) is 0. The minimum Gasteiger partial charge on any atom is -0.469 e. The lowest BCUT2D eigenvalue weighted by Gasteiger charge is -2.24. The lowest BCUT2D eigenvalue weighted by molar-refractivity contribution is -0.140. The minimum absolute atomic E-state index is 0.0944. The topological polar surface area (TPSA) is 46.6 Å². The van der Waals surface area contributed by atoms with E-state index in [0.717, 1.165) is 13.1 Å². The Labute approximate surface area is 108 Å². The Bertz CT molecular complexity index is 254. The van der Waals surface area contributed by atoms with Crippen LogP contribution in [0.2, 0.25) is 0 Å². The van der Waals surface area contributed by atoms with Crippen LogP contribution < -0.4 is 0 Å². The van der Waals surface area contributed by atoms with Crippen molar-refractivity contribution < 1.29 is 14.3 Å². The molecule has 0 aromatic carbocycles. The molecule has 1 amide bonds. The van der Waals surface area contributed by atoms with Crippen molar-refractivity contribution in [2.24, 2.45) is 0 Å². The van der Waals surface area contributed by atoms with Crippen LogP contribution in [-0.4, -0.2) is 47.5 Å². The van der Waals surface area contributed by atoms with Gasteiger partial charge in [0.1, 0.15) is 0 Å². The van der Waals surface area contributed by atoms with E-state index in [-0.39, 0.29) is 22.4 Å². The number of amides is 1. The summed E-state index contributed by atoms with van der Waals surface area (Å²) in [6.07, 6.45) is 0.344. The van der Waals surface area contributed by atoms with E-state index in [1.807, 2.05) is 32.6 Å². The van der Waals surface area contributed by atoms with Crippen LogP contribution in [0.15, 0.2) is 0 Å². The molecule has 5 heteroatoms. The fraction of sp³-hybridized carbons (Fsp3) is 0.833. The van der Waals surface area contributed by atoms with Crippen molar-refractivity contribution in [3.05, 3.63) is 0 Å². The molecular formula is C12H23NO3S. The second-order valence-electron chi connectivity index (χ2n) is 3.88. The van der Waals surface area contributed by atoms with Gasteiger partial charge in [0, 0.05) is 18.3 Å². The lowest BCUT2D eigenvalue weighted by Crippen LogP contribution is -2.36. The SMILES string of the molecule is CCN(CC)C(=O)C(C)SC(C)CC(=O)OC. The van der Waals surface area contributed by atoms with Gasteiger partial charge in [-0.25, -0.2) is 0 Å². The normalized spacial score (nSPS) is 13.9. The van der Waals surface area contributed by atoms with Gasteiger partial charge in [-0.2, -0.15) is 0 Å². The minimum atomic E-state index is -0.229. The number of ether oxygens (including phenoxy) is 1. The van der Waals surface area contributed by atoms with Crippen LogP contribution in [0, 0.1) is 0 Å². The molecule has 0 spiro atoms. The van der Waals surface area contributed by atoms with Crippen molar-refractivity contribution >= 4 is 23.6 Å². The summed E-state index contributed by atoms with van der Waals surface area (Å²) >= 11 is 1.52. The van der Waals surface area contributed by atoms with Gasteiger partial charge < -0.3 is 9.64 Å². The standard InChI is InChI=1S/C12H23NO3S/c1-6-13(7-2)12(15)10(4)17-9(3)8-11(14)16-5/h9-10H,6-8H2,1-5H3. The van der Waals surface area contributed by atoms with E-state index in [1.165, 1.54) is 18.9 Å². The predicted octanol–water partition coefficient (Wildman–Crippen LogP) is 1.93. The molecule has 0 aromatic rings. The molecule has 100 valence electrons. The lowest BCUT2D eigenvalue weighted by atomic mass is 10.3. The third-order valence-electron chi connectivity index (χ3n) is 2.54. The van der Waals surface area contributed by atoms with Crippen molar-refractivity contribution in [3.8, 4) is 0 Å². The maximum Gasteiger partial charge on any atom is 0.306 e. The van der Waals surface area contributed by atoms with Gasteiger partial charge in [0.25, 0.3) is 0 Å². The van der Waals surface area contributed by atoms with Gasteiger partial charge in [-0.3, -0.25) is 9.59 Å². The number of nitrogens with zero attached hydrogens (tertiary/aromatic N) is 1. The summed E-state index contributed by atoms with van der Waals surface area (Å²) in [7, 11) is 1.38. The number of carbonyl (C=O) groups excluding carboxylic acids is 2. The van der Waals surface area contributed by atoms with E-state index in [9.17, 15) is 9.59 Å². The van der Waals surface area contributed by atoms with E-state index in [4.69, 9.17) is 0 Å². The van der Waals surface area contributed by atoms with Gasteiger partial charge >= 0.3 is 5.97 Å². The zero-order chi connectivity index (χ0) is 13.4. The highest BCUT2D eigenvalue weighted by Gasteiger charge is 2.22. The summed E-state index contributed by atoms with van der Waals surface area (Å²) in [5, 5.41) is -0.0217. The van der Waals surface area contributed by atoms with Crippen LogP contribution in [0.5, 0.6) is 0 Å². The van der Waals surface area contributed by atoms with Crippen LogP contribution in [0.1, 0.15) is 34.1 Å². The molecule has 0 saturated heterocycles. The first-order valence-corrected chi connectivity index (χ1v) is 6.91. The second-order valence-corrected chi connectivity index (χ2v) is 5.66. The molecule has 0 saturated carbocycles. The molecule has 0 rings (SSSR count). The molecule has 0 aromatic heterocycles. The summed E-state index contributed by atoms with van der Waals surface area (Å²) < 4.78 is 4.61. The first kappa shape index (κ1) is 16.3. The molecule has 4 nitrogen and oxygen atoms in total. The van der Waals surface area contributed by atoms with Crippen molar-refractivity contribution in [1.82, 2.24) is 4.90 Å². The molecule has 0 fully saturated rings. The third kappa shape index (κ3) is 5.96. The maximum atomic E-state index is 12.0. The average Bonchev–Trinajstić information content (AvgIpc) is 2.29. The van der Waals surface area contributed by atoms with Crippen molar-refractivity contribution in [1.29, 1.82) is 0 Å². The smallest absolute Gasteiger partial charge is 0.306 e. The summed E-state index contributed by atoms with van der Waals surface area (Å²) in [5.41, 5.74) is 0. The first-order valence-electron chi connectivity index (χ1n) is 5.97.